The standard InChI is InChI=1S/C12H16N2O3/c1-12(6-13,7-15)8-3-4-10-9(5-8)14(2)11(16)17-10/h3-5,15H,6-7,13H2,1-2H3. The van der Waals surface area contributed by atoms with E-state index in [2.05, 4.69) is 0 Å². The Balaban J connectivity index is 2.65. The predicted octanol–water partition coefficient (Wildman–Crippen LogP) is 0.340. The lowest BCUT2D eigenvalue weighted by atomic mass is 9.83. The highest BCUT2D eigenvalue weighted by Gasteiger charge is 2.25. The number of fused-ring (bicyclic) bond motifs is 1. The number of oxazole rings is 1. The van der Waals surface area contributed by atoms with Gasteiger partial charge in [0.25, 0.3) is 0 Å². The second kappa shape index (κ2) is 4.01. The van der Waals surface area contributed by atoms with Gasteiger partial charge in [-0.25, -0.2) is 4.79 Å². The van der Waals surface area contributed by atoms with Crippen LogP contribution >= 0.6 is 0 Å². The summed E-state index contributed by atoms with van der Waals surface area (Å²) in [6, 6.07) is 5.40. The summed E-state index contributed by atoms with van der Waals surface area (Å²) in [5, 5.41) is 9.41. The molecule has 2 aromatic rings. The number of aliphatic hydroxyl groups excluding tert-OH is 1. The fourth-order valence-corrected chi connectivity index (χ4v) is 1.78. The second-order valence-electron chi connectivity index (χ2n) is 4.53. The van der Waals surface area contributed by atoms with Crippen LogP contribution in [0.15, 0.2) is 27.4 Å². The third kappa shape index (κ3) is 1.77. The molecule has 0 saturated carbocycles. The summed E-state index contributed by atoms with van der Waals surface area (Å²) in [6.07, 6.45) is 0. The number of benzene rings is 1. The molecule has 17 heavy (non-hydrogen) atoms. The van der Waals surface area contributed by atoms with Crippen LogP contribution in [0.3, 0.4) is 0 Å². The summed E-state index contributed by atoms with van der Waals surface area (Å²) < 4.78 is 6.48. The van der Waals surface area contributed by atoms with E-state index in [1.807, 2.05) is 19.1 Å². The number of hydrogen-bond donors (Lipinski definition) is 2. The first-order chi connectivity index (χ1) is 8.01. The molecule has 0 radical (unpaired) electrons. The van der Waals surface area contributed by atoms with Gasteiger partial charge in [-0.2, -0.15) is 0 Å². The van der Waals surface area contributed by atoms with Crippen molar-refractivity contribution in [2.24, 2.45) is 12.8 Å². The SMILES string of the molecule is Cn1c(=O)oc2ccc(C(C)(CN)CO)cc21. The predicted molar refractivity (Wildman–Crippen MR) is 64.9 cm³/mol. The van der Waals surface area contributed by atoms with Gasteiger partial charge in [-0.15, -0.1) is 0 Å². The largest absolute Gasteiger partial charge is 0.419 e. The van der Waals surface area contributed by atoms with E-state index in [0.29, 0.717) is 17.6 Å². The van der Waals surface area contributed by atoms with Crippen molar-refractivity contribution < 1.29 is 9.52 Å². The van der Waals surface area contributed by atoms with Gasteiger partial charge in [0.05, 0.1) is 12.1 Å². The molecule has 0 aliphatic rings. The van der Waals surface area contributed by atoms with Crippen molar-refractivity contribution in [3.05, 3.63) is 34.3 Å². The summed E-state index contributed by atoms with van der Waals surface area (Å²) in [5.74, 6) is -0.393. The Bertz CT molecular complexity index is 593. The maximum atomic E-state index is 11.4. The molecule has 1 aromatic carbocycles. The average molecular weight is 236 g/mol. The van der Waals surface area contributed by atoms with Crippen molar-refractivity contribution in [2.45, 2.75) is 12.3 Å². The molecular weight excluding hydrogens is 220 g/mol. The molecule has 0 aliphatic carbocycles. The van der Waals surface area contributed by atoms with Crippen LogP contribution in [0.2, 0.25) is 0 Å². The van der Waals surface area contributed by atoms with Crippen LogP contribution in [-0.2, 0) is 12.5 Å². The Morgan fingerprint density at radius 1 is 1.53 bits per heavy atom. The summed E-state index contributed by atoms with van der Waals surface area (Å²) in [4.78, 5) is 11.4. The third-order valence-electron chi connectivity index (χ3n) is 3.29. The Kier molecular flexibility index (Phi) is 2.81. The molecule has 0 spiro atoms. The molecule has 1 atom stereocenters. The van der Waals surface area contributed by atoms with E-state index in [1.54, 1.807) is 13.1 Å². The lowest BCUT2D eigenvalue weighted by molar-refractivity contribution is 0.210. The van der Waals surface area contributed by atoms with E-state index in [0.717, 1.165) is 5.56 Å². The molecule has 0 saturated heterocycles. The first kappa shape index (κ1) is 11.9. The number of nitrogens with two attached hydrogens (primary N) is 1. The summed E-state index contributed by atoms with van der Waals surface area (Å²) in [6.45, 7) is 2.17. The zero-order valence-corrected chi connectivity index (χ0v) is 9.93. The fourth-order valence-electron chi connectivity index (χ4n) is 1.78. The minimum absolute atomic E-state index is 0.0409. The van der Waals surface area contributed by atoms with Crippen LogP contribution in [0.4, 0.5) is 0 Å². The van der Waals surface area contributed by atoms with Gasteiger partial charge in [-0.1, -0.05) is 13.0 Å². The second-order valence-corrected chi connectivity index (χ2v) is 4.53. The number of hydrogen-bond acceptors (Lipinski definition) is 4. The summed E-state index contributed by atoms with van der Waals surface area (Å²) in [7, 11) is 1.65. The van der Waals surface area contributed by atoms with E-state index < -0.39 is 11.2 Å². The lowest BCUT2D eigenvalue weighted by Gasteiger charge is -2.25. The lowest BCUT2D eigenvalue weighted by Crippen LogP contribution is -2.35. The zero-order valence-electron chi connectivity index (χ0n) is 9.93. The van der Waals surface area contributed by atoms with Gasteiger partial charge in [0.1, 0.15) is 0 Å². The molecule has 0 fully saturated rings. The molecule has 5 nitrogen and oxygen atoms in total. The highest BCUT2D eigenvalue weighted by molar-refractivity contribution is 5.74. The van der Waals surface area contributed by atoms with E-state index in [4.69, 9.17) is 10.2 Å². The first-order valence-corrected chi connectivity index (χ1v) is 5.43. The molecule has 1 heterocycles. The van der Waals surface area contributed by atoms with E-state index in [1.165, 1.54) is 4.57 Å². The van der Waals surface area contributed by atoms with Gasteiger partial charge in [-0.05, 0) is 17.7 Å². The number of nitrogens with zero attached hydrogens (tertiary/aromatic N) is 1. The molecule has 0 aliphatic heterocycles. The van der Waals surface area contributed by atoms with Crippen LogP contribution in [0.5, 0.6) is 0 Å². The smallest absolute Gasteiger partial charge is 0.408 e. The molecule has 1 unspecified atom stereocenters. The molecule has 3 N–H and O–H groups in total. The fraction of sp³-hybridized carbons (Fsp3) is 0.417. The van der Waals surface area contributed by atoms with Gasteiger partial charge < -0.3 is 15.3 Å². The van der Waals surface area contributed by atoms with Crippen molar-refractivity contribution in [3.8, 4) is 0 Å². The number of aromatic nitrogens is 1. The van der Waals surface area contributed by atoms with Crippen molar-refractivity contribution >= 4 is 11.1 Å². The van der Waals surface area contributed by atoms with Gasteiger partial charge in [0, 0.05) is 19.0 Å². The zero-order chi connectivity index (χ0) is 12.6. The van der Waals surface area contributed by atoms with Gasteiger partial charge >= 0.3 is 5.76 Å². The minimum Gasteiger partial charge on any atom is -0.408 e. The van der Waals surface area contributed by atoms with Crippen LogP contribution in [0.25, 0.3) is 11.1 Å². The van der Waals surface area contributed by atoms with Gasteiger partial charge in [0.15, 0.2) is 5.58 Å². The van der Waals surface area contributed by atoms with Crippen LogP contribution in [0, 0.1) is 0 Å². The third-order valence-corrected chi connectivity index (χ3v) is 3.29. The Morgan fingerprint density at radius 2 is 2.24 bits per heavy atom. The molecule has 5 heteroatoms. The summed E-state index contributed by atoms with van der Waals surface area (Å²) in [5.41, 5.74) is 7.33. The highest BCUT2D eigenvalue weighted by Crippen LogP contribution is 2.25. The quantitative estimate of drug-likeness (QED) is 0.805. The molecule has 92 valence electrons. The highest BCUT2D eigenvalue weighted by atomic mass is 16.4. The van der Waals surface area contributed by atoms with Crippen LogP contribution in [-0.4, -0.2) is 22.8 Å². The van der Waals surface area contributed by atoms with Gasteiger partial charge in [-0.3, -0.25) is 4.57 Å². The first-order valence-electron chi connectivity index (χ1n) is 5.43. The van der Waals surface area contributed by atoms with E-state index in [-0.39, 0.29) is 6.61 Å². The maximum Gasteiger partial charge on any atom is 0.419 e. The number of rotatable bonds is 3. The molecular formula is C12H16N2O3. The molecule has 2 rings (SSSR count). The maximum absolute atomic E-state index is 11.4. The molecule has 0 bridgehead atoms. The molecule has 0 amide bonds. The Hall–Kier alpha value is -1.59. The van der Waals surface area contributed by atoms with Crippen molar-refractivity contribution in [1.29, 1.82) is 0 Å². The number of aliphatic hydroxyl groups is 1. The van der Waals surface area contributed by atoms with Crippen molar-refractivity contribution in [2.75, 3.05) is 13.2 Å². The topological polar surface area (TPSA) is 81.4 Å². The minimum atomic E-state index is -0.499. The Morgan fingerprint density at radius 3 is 2.82 bits per heavy atom. The summed E-state index contributed by atoms with van der Waals surface area (Å²) >= 11 is 0. The monoisotopic (exact) mass is 236 g/mol. The van der Waals surface area contributed by atoms with E-state index >= 15 is 0 Å². The van der Waals surface area contributed by atoms with Crippen LogP contribution < -0.4 is 11.5 Å². The average Bonchev–Trinajstić information content (AvgIpc) is 2.64. The van der Waals surface area contributed by atoms with Crippen molar-refractivity contribution in [1.82, 2.24) is 4.57 Å². The van der Waals surface area contributed by atoms with Crippen molar-refractivity contribution in [3.63, 3.8) is 0 Å². The van der Waals surface area contributed by atoms with Crippen LogP contribution in [0.1, 0.15) is 12.5 Å². The number of aryl methyl sites for hydroxylation is 1. The normalized spacial score (nSPS) is 15.1. The Labute approximate surface area is 98.5 Å². The van der Waals surface area contributed by atoms with Gasteiger partial charge in [0.2, 0.25) is 0 Å². The molecule has 1 aromatic heterocycles. The van der Waals surface area contributed by atoms with E-state index in [9.17, 15) is 9.90 Å².